The largest absolute Gasteiger partial charge is 0.384 e. The summed E-state index contributed by atoms with van der Waals surface area (Å²) in [4.78, 5) is 22.4. The Balaban J connectivity index is 1.72. The third kappa shape index (κ3) is 5.01. The van der Waals surface area contributed by atoms with Crippen molar-refractivity contribution in [2.75, 3.05) is 16.4 Å². The van der Waals surface area contributed by atoms with Crippen LogP contribution in [0.2, 0.25) is 5.02 Å². The van der Waals surface area contributed by atoms with Gasteiger partial charge in [0.15, 0.2) is 16.0 Å². The number of pyridine rings is 1. The van der Waals surface area contributed by atoms with Crippen LogP contribution in [0.15, 0.2) is 52.1 Å². The van der Waals surface area contributed by atoms with Gasteiger partial charge in [-0.2, -0.15) is 0 Å². The summed E-state index contributed by atoms with van der Waals surface area (Å²) in [7, 11) is 1.84. The number of nitrogens with one attached hydrogen (secondary N) is 2. The number of nitrogen functional groups attached to an aromatic ring is 1. The van der Waals surface area contributed by atoms with Crippen molar-refractivity contribution in [3.63, 3.8) is 0 Å². The van der Waals surface area contributed by atoms with Gasteiger partial charge in [0.2, 0.25) is 0 Å². The number of hydrogen-bond donors (Lipinski definition) is 3. The van der Waals surface area contributed by atoms with Gasteiger partial charge in [0.25, 0.3) is 5.91 Å². The molecule has 0 unspecified atom stereocenters. The number of nitrogens with zero attached hydrogens (tertiary/aromatic N) is 5. The van der Waals surface area contributed by atoms with Gasteiger partial charge in [-0.1, -0.05) is 29.8 Å². The number of carbonyl (C=O) groups is 1. The molecule has 1 aromatic carbocycles. The zero-order valence-electron chi connectivity index (χ0n) is 17.2. The molecule has 4 N–H and O–H groups in total. The van der Waals surface area contributed by atoms with E-state index >= 15 is 0 Å². The van der Waals surface area contributed by atoms with Crippen molar-refractivity contribution in [2.24, 2.45) is 7.05 Å². The molecule has 0 fully saturated rings. The van der Waals surface area contributed by atoms with Crippen molar-refractivity contribution in [3.8, 4) is 0 Å². The highest BCUT2D eigenvalue weighted by Crippen LogP contribution is 2.36. The number of thiazole rings is 1. The van der Waals surface area contributed by atoms with Gasteiger partial charge in [-0.05, 0) is 36.4 Å². The Labute approximate surface area is 197 Å². The van der Waals surface area contributed by atoms with E-state index in [2.05, 4.69) is 30.8 Å². The lowest BCUT2D eigenvalue weighted by atomic mass is 10.2. The fourth-order valence-corrected chi connectivity index (χ4v) is 4.62. The first kappa shape index (κ1) is 22.1. The van der Waals surface area contributed by atoms with E-state index in [0.29, 0.717) is 32.4 Å². The molecule has 0 saturated carbocycles. The van der Waals surface area contributed by atoms with Crippen LogP contribution in [0.1, 0.15) is 21.7 Å². The van der Waals surface area contributed by atoms with E-state index in [4.69, 9.17) is 17.3 Å². The predicted octanol–water partition coefficient (Wildman–Crippen LogP) is 4.23. The van der Waals surface area contributed by atoms with Crippen molar-refractivity contribution < 1.29 is 4.79 Å². The second-order valence-electron chi connectivity index (χ2n) is 6.79. The van der Waals surface area contributed by atoms with Crippen LogP contribution in [0.25, 0.3) is 0 Å². The number of rotatable bonds is 7. The van der Waals surface area contributed by atoms with E-state index in [9.17, 15) is 4.79 Å². The number of amides is 1. The zero-order chi connectivity index (χ0) is 22.7. The minimum Gasteiger partial charge on any atom is -0.384 e. The lowest BCUT2D eigenvalue weighted by Crippen LogP contribution is -2.18. The van der Waals surface area contributed by atoms with Gasteiger partial charge in [-0.25, -0.2) is 9.97 Å². The van der Waals surface area contributed by atoms with Crippen LogP contribution >= 0.6 is 34.7 Å². The summed E-state index contributed by atoms with van der Waals surface area (Å²) >= 11 is 8.98. The molecule has 0 radical (unpaired) electrons. The molecular weight excluding hydrogens is 468 g/mol. The Bertz CT molecular complexity index is 1270. The van der Waals surface area contributed by atoms with Gasteiger partial charge < -0.3 is 15.6 Å². The molecule has 1 amide bonds. The molecule has 0 aliphatic carbocycles. The Morgan fingerprint density at radius 3 is 2.81 bits per heavy atom. The second-order valence-corrected chi connectivity index (χ2v) is 9.06. The molecule has 0 bridgehead atoms. The molecule has 32 heavy (non-hydrogen) atoms. The molecule has 164 valence electrons. The van der Waals surface area contributed by atoms with E-state index in [1.54, 1.807) is 17.0 Å². The Hall–Kier alpha value is -3.15. The summed E-state index contributed by atoms with van der Waals surface area (Å²) in [6.07, 6.45) is 1.60. The van der Waals surface area contributed by atoms with E-state index in [1.807, 2.05) is 43.6 Å². The summed E-state index contributed by atoms with van der Waals surface area (Å²) in [5.41, 5.74) is 8.41. The second kappa shape index (κ2) is 9.55. The van der Waals surface area contributed by atoms with E-state index in [1.165, 1.54) is 23.1 Å². The molecule has 9 nitrogen and oxygen atoms in total. The van der Waals surface area contributed by atoms with Crippen LogP contribution in [0.3, 0.4) is 0 Å². The summed E-state index contributed by atoms with van der Waals surface area (Å²) in [6, 6.07) is 9.18. The number of hydrogen-bond acceptors (Lipinski definition) is 9. The molecule has 0 atom stereocenters. The van der Waals surface area contributed by atoms with Gasteiger partial charge >= 0.3 is 0 Å². The quantitative estimate of drug-likeness (QED) is 0.354. The summed E-state index contributed by atoms with van der Waals surface area (Å²) < 4.78 is 1.78. The van der Waals surface area contributed by atoms with Crippen molar-refractivity contribution in [1.82, 2.24) is 24.7 Å². The molecule has 12 heteroatoms. The van der Waals surface area contributed by atoms with E-state index in [0.717, 1.165) is 11.3 Å². The fourth-order valence-electron chi connectivity index (χ4n) is 2.81. The van der Waals surface area contributed by atoms with Gasteiger partial charge in [-0.15, -0.1) is 21.5 Å². The molecule has 0 saturated heterocycles. The topological polar surface area (TPSA) is 124 Å². The van der Waals surface area contributed by atoms with E-state index < -0.39 is 5.91 Å². The first-order valence-corrected chi connectivity index (χ1v) is 11.5. The van der Waals surface area contributed by atoms with Gasteiger partial charge in [-0.3, -0.25) is 10.1 Å². The number of anilines is 3. The van der Waals surface area contributed by atoms with Gasteiger partial charge in [0.1, 0.15) is 12.1 Å². The van der Waals surface area contributed by atoms with Crippen LogP contribution in [0.5, 0.6) is 0 Å². The first-order valence-electron chi connectivity index (χ1n) is 9.44. The number of aryl methyl sites for hydroxylation is 2. The lowest BCUT2D eigenvalue weighted by Gasteiger charge is -2.16. The summed E-state index contributed by atoms with van der Waals surface area (Å²) in [6.45, 7) is 2.24. The molecule has 4 aromatic rings. The SMILES string of the molecule is Cc1csc(NC(=O)c2nc(N)cc(Sc3nncn3C)c2NCc2ccccc2Cl)n1. The molecule has 3 heterocycles. The maximum absolute atomic E-state index is 13.1. The summed E-state index contributed by atoms with van der Waals surface area (Å²) in [5, 5.41) is 17.7. The number of nitrogens with two attached hydrogens (primary N) is 1. The van der Waals surface area contributed by atoms with Crippen molar-refractivity contribution in [2.45, 2.75) is 23.5 Å². The van der Waals surface area contributed by atoms with E-state index in [-0.39, 0.29) is 11.5 Å². The third-order valence-corrected chi connectivity index (χ3v) is 6.68. The number of carbonyl (C=O) groups excluding carboxylic acids is 1. The van der Waals surface area contributed by atoms with Gasteiger partial charge in [0.05, 0.1) is 11.4 Å². The minimum atomic E-state index is -0.423. The molecule has 0 aliphatic rings. The molecule has 4 rings (SSSR count). The standard InChI is InChI=1S/C20H19ClN8OS2/c1-11-9-31-19(25-11)27-18(30)17-16(23-8-12-5-3-4-6-13(12)21)14(7-15(22)26-17)32-20-28-24-10-29(20)2/h3-7,9-10,23H,8H2,1-2H3,(H2,22,26)(H,25,27,30). The molecule has 0 aliphatic heterocycles. The first-order chi connectivity index (χ1) is 15.4. The number of benzene rings is 1. The smallest absolute Gasteiger partial charge is 0.278 e. The highest BCUT2D eigenvalue weighted by molar-refractivity contribution is 7.99. The van der Waals surface area contributed by atoms with Crippen molar-refractivity contribution in [1.29, 1.82) is 0 Å². The van der Waals surface area contributed by atoms with Crippen molar-refractivity contribution in [3.05, 3.63) is 64.0 Å². The van der Waals surface area contributed by atoms with Gasteiger partial charge in [0, 0.05) is 28.9 Å². The maximum Gasteiger partial charge on any atom is 0.278 e. The van der Waals surface area contributed by atoms with Crippen LogP contribution in [0, 0.1) is 6.92 Å². The molecular formula is C20H19ClN8OS2. The van der Waals surface area contributed by atoms with Crippen LogP contribution in [-0.2, 0) is 13.6 Å². The highest BCUT2D eigenvalue weighted by atomic mass is 35.5. The Morgan fingerprint density at radius 1 is 1.31 bits per heavy atom. The normalized spacial score (nSPS) is 10.8. The Morgan fingerprint density at radius 2 is 2.12 bits per heavy atom. The fraction of sp³-hybridized carbons (Fsp3) is 0.150. The Kier molecular flexibility index (Phi) is 6.58. The molecule has 3 aromatic heterocycles. The minimum absolute atomic E-state index is 0.148. The maximum atomic E-state index is 13.1. The zero-order valence-corrected chi connectivity index (χ0v) is 19.6. The number of aromatic nitrogens is 5. The van der Waals surface area contributed by atoms with Crippen LogP contribution in [-0.4, -0.2) is 30.6 Å². The monoisotopic (exact) mass is 486 g/mol. The average Bonchev–Trinajstić information content (AvgIpc) is 3.35. The molecule has 0 spiro atoms. The third-order valence-electron chi connectivity index (χ3n) is 4.34. The lowest BCUT2D eigenvalue weighted by molar-refractivity contribution is 0.102. The average molecular weight is 487 g/mol. The van der Waals surface area contributed by atoms with Crippen LogP contribution in [0.4, 0.5) is 16.6 Å². The van der Waals surface area contributed by atoms with Crippen molar-refractivity contribution >= 4 is 57.2 Å². The van der Waals surface area contributed by atoms with Crippen LogP contribution < -0.4 is 16.4 Å². The number of halogens is 1. The summed E-state index contributed by atoms with van der Waals surface area (Å²) in [5.74, 6) is -0.216. The predicted molar refractivity (Wildman–Crippen MR) is 127 cm³/mol. The highest BCUT2D eigenvalue weighted by Gasteiger charge is 2.21.